The van der Waals surface area contributed by atoms with Crippen LogP contribution >= 0.6 is 0 Å². The van der Waals surface area contributed by atoms with Crippen LogP contribution in [0.1, 0.15) is 46.5 Å². The van der Waals surface area contributed by atoms with E-state index in [-0.39, 0.29) is 19.1 Å². The fourth-order valence-corrected chi connectivity index (χ4v) is 6.24. The van der Waals surface area contributed by atoms with Gasteiger partial charge in [-0.2, -0.15) is 0 Å². The third-order valence-corrected chi connectivity index (χ3v) is 7.84. The van der Waals surface area contributed by atoms with Crippen molar-refractivity contribution in [1.29, 1.82) is 0 Å². The molecule has 3 fully saturated rings. The van der Waals surface area contributed by atoms with Gasteiger partial charge in [-0.25, -0.2) is 0 Å². The van der Waals surface area contributed by atoms with Crippen molar-refractivity contribution in [3.05, 3.63) is 24.3 Å². The predicted octanol–water partition coefficient (Wildman–Crippen LogP) is 2.12. The van der Waals surface area contributed by atoms with Crippen molar-refractivity contribution in [3.8, 4) is 5.75 Å². The van der Waals surface area contributed by atoms with Crippen LogP contribution in [0.4, 0.5) is 5.69 Å². The van der Waals surface area contributed by atoms with Gasteiger partial charge in [0.2, 0.25) is 11.8 Å². The summed E-state index contributed by atoms with van der Waals surface area (Å²) in [5.41, 5.74) is -1.43. The Hall–Kier alpha value is -2.65. The first-order valence-corrected chi connectivity index (χ1v) is 12.1. The van der Waals surface area contributed by atoms with Gasteiger partial charge in [-0.3, -0.25) is 14.4 Å². The van der Waals surface area contributed by atoms with E-state index >= 15 is 0 Å². The number of benzene rings is 1. The number of ether oxygens (including phenoxy) is 3. The molecule has 1 spiro atoms. The van der Waals surface area contributed by atoms with Gasteiger partial charge < -0.3 is 29.5 Å². The summed E-state index contributed by atoms with van der Waals surface area (Å²) in [6.45, 7) is 5.42. The van der Waals surface area contributed by atoms with Crippen molar-refractivity contribution in [2.75, 3.05) is 25.6 Å². The summed E-state index contributed by atoms with van der Waals surface area (Å²) >= 11 is 0. The third kappa shape index (κ3) is 3.48. The predicted molar refractivity (Wildman–Crippen MR) is 123 cm³/mol. The first-order chi connectivity index (χ1) is 16.3. The maximum atomic E-state index is 13.9. The number of esters is 1. The van der Waals surface area contributed by atoms with E-state index in [9.17, 15) is 19.5 Å². The number of aliphatic hydroxyl groups is 1. The lowest BCUT2D eigenvalue weighted by molar-refractivity contribution is -0.161. The summed E-state index contributed by atoms with van der Waals surface area (Å²) in [4.78, 5) is 42.2. The molecule has 2 bridgehead atoms. The summed E-state index contributed by atoms with van der Waals surface area (Å²) in [7, 11) is 1.56. The molecule has 1 aromatic rings. The van der Waals surface area contributed by atoms with E-state index in [2.05, 4.69) is 5.32 Å². The van der Waals surface area contributed by atoms with Gasteiger partial charge in [0, 0.05) is 5.69 Å². The van der Waals surface area contributed by atoms with Crippen molar-refractivity contribution < 1.29 is 33.7 Å². The van der Waals surface area contributed by atoms with E-state index in [0.717, 1.165) is 0 Å². The van der Waals surface area contributed by atoms with Crippen LogP contribution < -0.4 is 10.1 Å². The second kappa shape index (κ2) is 9.19. The number of hydrogen-bond donors (Lipinski definition) is 2. The van der Waals surface area contributed by atoms with Crippen LogP contribution in [-0.2, 0) is 23.9 Å². The van der Waals surface area contributed by atoms with Crippen molar-refractivity contribution in [2.24, 2.45) is 11.8 Å². The number of carbonyl (C=O) groups excluding carboxylic acids is 3. The number of likely N-dealkylation sites (tertiary alicyclic amines) is 1. The van der Waals surface area contributed by atoms with Gasteiger partial charge in [-0.15, -0.1) is 0 Å². The number of amides is 2. The van der Waals surface area contributed by atoms with Gasteiger partial charge in [0.05, 0.1) is 37.9 Å². The summed E-state index contributed by atoms with van der Waals surface area (Å²) in [6.07, 6.45) is 2.03. The molecule has 6 atom stereocenters. The fourth-order valence-electron chi connectivity index (χ4n) is 6.24. The Morgan fingerprint density at radius 1 is 1.24 bits per heavy atom. The first-order valence-electron chi connectivity index (χ1n) is 12.1. The monoisotopic (exact) mass is 474 g/mol. The summed E-state index contributed by atoms with van der Waals surface area (Å²) in [5.74, 6) is -2.14. The number of nitrogens with zero attached hydrogens (tertiary/aromatic N) is 1. The van der Waals surface area contributed by atoms with Crippen LogP contribution in [0.15, 0.2) is 24.3 Å². The van der Waals surface area contributed by atoms with Crippen LogP contribution in [0.2, 0.25) is 0 Å². The number of aliphatic hydroxyl groups excluding tert-OH is 1. The highest BCUT2D eigenvalue weighted by Gasteiger charge is 2.79. The van der Waals surface area contributed by atoms with E-state index in [0.29, 0.717) is 37.1 Å². The molecule has 4 rings (SSSR count). The molecule has 34 heavy (non-hydrogen) atoms. The number of fused-ring (bicyclic) bond motifs is 1. The number of methoxy groups -OCH3 is 1. The lowest BCUT2D eigenvalue weighted by atomic mass is 9.65. The molecular formula is C25H34N2O7. The first kappa shape index (κ1) is 24.5. The Morgan fingerprint density at radius 3 is 2.50 bits per heavy atom. The molecule has 186 valence electrons. The largest absolute Gasteiger partial charge is 0.497 e. The van der Waals surface area contributed by atoms with Crippen LogP contribution in [0.3, 0.4) is 0 Å². The molecule has 3 aliphatic rings. The standard InChI is InChI=1S/C25H34N2O7/c1-5-16(14-28)27-20(21(29)26-15-8-10-17(32-4)11-9-15)25-13-12-24(6-2,34-25)19(18(25)22(27)30)23(31)33-7-3/h8-11,16,18-20,28H,5-7,12-14H2,1-4H3,(H,26,29)/t16-,18-,19+,20?,24-,25?/m0/s1. The number of rotatable bonds is 9. The number of nitrogens with one attached hydrogen (secondary N) is 1. The Morgan fingerprint density at radius 2 is 1.94 bits per heavy atom. The molecule has 2 amide bonds. The van der Waals surface area contributed by atoms with E-state index in [1.165, 1.54) is 4.90 Å². The normalized spacial score (nSPS) is 32.4. The van der Waals surface area contributed by atoms with E-state index in [1.54, 1.807) is 38.3 Å². The van der Waals surface area contributed by atoms with E-state index < -0.39 is 47.0 Å². The number of anilines is 1. The van der Waals surface area contributed by atoms with Gasteiger partial charge in [-0.05, 0) is 56.9 Å². The van der Waals surface area contributed by atoms with Crippen molar-refractivity contribution in [3.63, 3.8) is 0 Å². The van der Waals surface area contributed by atoms with E-state index in [1.807, 2.05) is 13.8 Å². The van der Waals surface area contributed by atoms with Crippen LogP contribution in [0, 0.1) is 11.8 Å². The zero-order chi connectivity index (χ0) is 24.7. The molecule has 0 radical (unpaired) electrons. The maximum Gasteiger partial charge on any atom is 0.312 e. The van der Waals surface area contributed by atoms with Crippen molar-refractivity contribution >= 4 is 23.5 Å². The minimum atomic E-state index is -1.15. The van der Waals surface area contributed by atoms with Crippen LogP contribution in [0.5, 0.6) is 5.75 Å². The molecule has 3 heterocycles. The molecule has 0 aliphatic carbocycles. The van der Waals surface area contributed by atoms with Crippen LogP contribution in [-0.4, -0.2) is 71.4 Å². The Bertz CT molecular complexity index is 947. The Balaban J connectivity index is 1.76. The zero-order valence-corrected chi connectivity index (χ0v) is 20.2. The molecule has 0 aromatic heterocycles. The minimum Gasteiger partial charge on any atom is -0.497 e. The highest BCUT2D eigenvalue weighted by Crippen LogP contribution is 2.64. The van der Waals surface area contributed by atoms with Crippen molar-refractivity contribution in [1.82, 2.24) is 4.90 Å². The minimum absolute atomic E-state index is 0.197. The lowest BCUT2D eigenvalue weighted by Crippen LogP contribution is -2.56. The third-order valence-electron chi connectivity index (χ3n) is 7.84. The Labute approximate surface area is 199 Å². The van der Waals surface area contributed by atoms with E-state index in [4.69, 9.17) is 14.2 Å². The molecule has 2 N–H and O–H groups in total. The summed E-state index contributed by atoms with van der Waals surface area (Å²) in [5, 5.41) is 13.0. The quantitative estimate of drug-likeness (QED) is 0.527. The zero-order valence-electron chi connectivity index (χ0n) is 20.2. The van der Waals surface area contributed by atoms with Gasteiger partial charge in [-0.1, -0.05) is 13.8 Å². The second-order valence-corrected chi connectivity index (χ2v) is 9.29. The second-order valence-electron chi connectivity index (χ2n) is 9.29. The van der Waals surface area contributed by atoms with Crippen LogP contribution in [0.25, 0.3) is 0 Å². The van der Waals surface area contributed by atoms with Gasteiger partial charge in [0.25, 0.3) is 0 Å². The summed E-state index contributed by atoms with van der Waals surface area (Å²) < 4.78 is 17.2. The molecule has 0 saturated carbocycles. The van der Waals surface area contributed by atoms with Gasteiger partial charge >= 0.3 is 5.97 Å². The molecule has 3 saturated heterocycles. The molecular weight excluding hydrogens is 440 g/mol. The smallest absolute Gasteiger partial charge is 0.312 e. The highest BCUT2D eigenvalue weighted by atomic mass is 16.6. The van der Waals surface area contributed by atoms with Gasteiger partial charge in [0.15, 0.2) is 0 Å². The SMILES string of the molecule is CCOC(=O)[C@H]1[C@H]2C(=O)N([C@@H](CC)CO)C(C(=O)Nc3ccc(OC)cc3)C23CC[C@]1(CC)O3. The molecule has 3 aliphatic heterocycles. The maximum absolute atomic E-state index is 13.9. The fraction of sp³-hybridized carbons (Fsp3) is 0.640. The lowest BCUT2D eigenvalue weighted by Gasteiger charge is -2.37. The Kier molecular flexibility index (Phi) is 6.61. The van der Waals surface area contributed by atoms with Crippen molar-refractivity contribution in [2.45, 2.75) is 69.7 Å². The molecule has 9 heteroatoms. The number of hydrogen-bond acceptors (Lipinski definition) is 7. The molecule has 1 aromatic carbocycles. The molecule has 9 nitrogen and oxygen atoms in total. The average molecular weight is 475 g/mol. The average Bonchev–Trinajstić information content (AvgIpc) is 3.44. The van der Waals surface area contributed by atoms with Gasteiger partial charge in [0.1, 0.15) is 23.3 Å². The highest BCUT2D eigenvalue weighted by molar-refractivity contribution is 6.03. The topological polar surface area (TPSA) is 114 Å². The summed E-state index contributed by atoms with van der Waals surface area (Å²) in [6, 6.07) is 5.37. The number of carbonyl (C=O) groups is 3. The molecule has 2 unspecified atom stereocenters.